The third-order valence-corrected chi connectivity index (χ3v) is 2.22. The molecule has 0 bridgehead atoms. The standard InChI is InChI=1S/C9H14F6O/c1-3-4-5-6-16-7(2,8(10,11)12)9(13,14)15/h3-6H2,1-2H3. The molecule has 0 aromatic heterocycles. The molecule has 0 amide bonds. The van der Waals surface area contributed by atoms with Gasteiger partial charge < -0.3 is 4.74 Å². The van der Waals surface area contributed by atoms with Crippen molar-refractivity contribution in [3.63, 3.8) is 0 Å². The number of rotatable bonds is 5. The van der Waals surface area contributed by atoms with Gasteiger partial charge in [-0.2, -0.15) is 26.3 Å². The molecule has 0 fully saturated rings. The van der Waals surface area contributed by atoms with Crippen LogP contribution in [0.2, 0.25) is 0 Å². The summed E-state index contributed by atoms with van der Waals surface area (Å²) in [7, 11) is 0. The van der Waals surface area contributed by atoms with Crippen molar-refractivity contribution in [1.82, 2.24) is 0 Å². The second-order valence-electron chi connectivity index (χ2n) is 3.58. The SMILES string of the molecule is CCCCCOC(C)(C(F)(F)F)C(F)(F)F. The largest absolute Gasteiger partial charge is 0.426 e. The zero-order valence-corrected chi connectivity index (χ0v) is 9.00. The van der Waals surface area contributed by atoms with Crippen LogP contribution in [0.1, 0.15) is 33.1 Å². The smallest absolute Gasteiger partial charge is 0.358 e. The molecule has 16 heavy (non-hydrogen) atoms. The van der Waals surface area contributed by atoms with Gasteiger partial charge in [0.15, 0.2) is 0 Å². The molecular weight excluding hydrogens is 238 g/mol. The summed E-state index contributed by atoms with van der Waals surface area (Å²) in [5.74, 6) is 0. The van der Waals surface area contributed by atoms with Gasteiger partial charge in [-0.1, -0.05) is 19.8 Å². The van der Waals surface area contributed by atoms with Gasteiger partial charge >= 0.3 is 12.4 Å². The van der Waals surface area contributed by atoms with Crippen molar-refractivity contribution in [3.8, 4) is 0 Å². The molecule has 0 aliphatic rings. The van der Waals surface area contributed by atoms with Crippen LogP contribution in [0, 0.1) is 0 Å². The van der Waals surface area contributed by atoms with Gasteiger partial charge in [-0.3, -0.25) is 0 Å². The molecule has 98 valence electrons. The third-order valence-electron chi connectivity index (χ3n) is 2.22. The monoisotopic (exact) mass is 252 g/mol. The molecule has 0 radical (unpaired) electrons. The minimum Gasteiger partial charge on any atom is -0.358 e. The van der Waals surface area contributed by atoms with Crippen molar-refractivity contribution in [2.45, 2.75) is 51.1 Å². The van der Waals surface area contributed by atoms with Crippen LogP contribution < -0.4 is 0 Å². The summed E-state index contributed by atoms with van der Waals surface area (Å²) < 4.78 is 77.6. The van der Waals surface area contributed by atoms with Crippen LogP contribution in [0.25, 0.3) is 0 Å². The number of hydrogen-bond donors (Lipinski definition) is 0. The highest BCUT2D eigenvalue weighted by molar-refractivity contribution is 4.91. The van der Waals surface area contributed by atoms with Crippen molar-refractivity contribution in [2.75, 3.05) is 6.61 Å². The molecule has 0 aliphatic carbocycles. The second kappa shape index (κ2) is 5.25. The Bertz CT molecular complexity index is 193. The Kier molecular flexibility index (Phi) is 5.10. The van der Waals surface area contributed by atoms with E-state index in [1.54, 1.807) is 6.92 Å². The van der Waals surface area contributed by atoms with Crippen LogP contribution >= 0.6 is 0 Å². The van der Waals surface area contributed by atoms with Crippen LogP contribution in [-0.4, -0.2) is 24.6 Å². The first-order valence-corrected chi connectivity index (χ1v) is 4.83. The molecule has 0 saturated heterocycles. The minimum absolute atomic E-state index is 0.0128. The molecule has 0 spiro atoms. The lowest BCUT2D eigenvalue weighted by Gasteiger charge is -2.33. The Morgan fingerprint density at radius 2 is 1.31 bits per heavy atom. The van der Waals surface area contributed by atoms with Crippen LogP contribution in [0.5, 0.6) is 0 Å². The van der Waals surface area contributed by atoms with Gasteiger partial charge in [-0.05, 0) is 13.3 Å². The second-order valence-corrected chi connectivity index (χ2v) is 3.58. The van der Waals surface area contributed by atoms with Crippen molar-refractivity contribution >= 4 is 0 Å². The van der Waals surface area contributed by atoms with E-state index in [0.29, 0.717) is 12.8 Å². The van der Waals surface area contributed by atoms with E-state index in [-0.39, 0.29) is 13.3 Å². The number of alkyl halides is 6. The summed E-state index contributed by atoms with van der Waals surface area (Å²) in [5, 5.41) is 0. The first-order valence-electron chi connectivity index (χ1n) is 4.83. The Labute approximate surface area is 89.8 Å². The Morgan fingerprint density at radius 3 is 1.62 bits per heavy atom. The van der Waals surface area contributed by atoms with Crippen LogP contribution in [0.15, 0.2) is 0 Å². The highest BCUT2D eigenvalue weighted by atomic mass is 19.4. The average molecular weight is 252 g/mol. The molecule has 0 unspecified atom stereocenters. The van der Waals surface area contributed by atoms with Crippen molar-refractivity contribution in [3.05, 3.63) is 0 Å². The van der Waals surface area contributed by atoms with Gasteiger partial charge in [0, 0.05) is 6.61 Å². The lowest BCUT2D eigenvalue weighted by molar-refractivity contribution is -0.374. The highest BCUT2D eigenvalue weighted by Crippen LogP contribution is 2.45. The summed E-state index contributed by atoms with van der Waals surface area (Å²) in [6.07, 6.45) is -9.52. The normalized spacial score (nSPS) is 14.2. The molecule has 7 heteroatoms. The van der Waals surface area contributed by atoms with Gasteiger partial charge in [-0.15, -0.1) is 0 Å². The lowest BCUT2D eigenvalue weighted by atomic mass is 10.1. The van der Waals surface area contributed by atoms with Crippen LogP contribution in [-0.2, 0) is 4.74 Å². The Morgan fingerprint density at radius 1 is 0.875 bits per heavy atom. The predicted molar refractivity (Wildman–Crippen MR) is 46.0 cm³/mol. The zero-order chi connectivity index (χ0) is 13.0. The molecule has 0 rings (SSSR count). The maximum atomic E-state index is 12.3. The van der Waals surface area contributed by atoms with E-state index in [4.69, 9.17) is 0 Å². The molecule has 0 atom stereocenters. The maximum absolute atomic E-state index is 12.3. The van der Waals surface area contributed by atoms with E-state index < -0.39 is 24.6 Å². The van der Waals surface area contributed by atoms with Gasteiger partial charge in [-0.25, -0.2) is 0 Å². The number of unbranched alkanes of at least 4 members (excludes halogenated alkanes) is 2. The third kappa shape index (κ3) is 3.54. The number of hydrogen-bond acceptors (Lipinski definition) is 1. The van der Waals surface area contributed by atoms with Gasteiger partial charge in [0.1, 0.15) is 0 Å². The van der Waals surface area contributed by atoms with E-state index in [0.717, 1.165) is 0 Å². The van der Waals surface area contributed by atoms with Crippen molar-refractivity contribution in [2.24, 2.45) is 0 Å². The molecule has 0 aromatic rings. The predicted octanol–water partition coefficient (Wildman–Crippen LogP) is 4.08. The minimum atomic E-state index is -5.46. The van der Waals surface area contributed by atoms with E-state index in [1.807, 2.05) is 0 Å². The molecule has 0 aliphatic heterocycles. The fourth-order valence-corrected chi connectivity index (χ4v) is 0.953. The molecule has 0 aromatic carbocycles. The number of halogens is 6. The quantitative estimate of drug-likeness (QED) is 0.529. The molecule has 0 heterocycles. The highest BCUT2D eigenvalue weighted by Gasteiger charge is 2.69. The van der Waals surface area contributed by atoms with E-state index in [2.05, 4.69) is 4.74 Å². The zero-order valence-electron chi connectivity index (χ0n) is 9.00. The Hall–Kier alpha value is -0.460. The summed E-state index contributed by atoms with van der Waals surface area (Å²) in [6, 6.07) is 0. The van der Waals surface area contributed by atoms with Crippen LogP contribution in [0.3, 0.4) is 0 Å². The lowest BCUT2D eigenvalue weighted by Crippen LogP contribution is -2.56. The first kappa shape index (κ1) is 15.5. The van der Waals surface area contributed by atoms with Crippen LogP contribution in [0.4, 0.5) is 26.3 Å². The molecule has 0 saturated carbocycles. The fraction of sp³-hybridized carbons (Fsp3) is 1.00. The summed E-state index contributed by atoms with van der Waals surface area (Å²) in [6.45, 7) is 1.25. The Balaban J connectivity index is 4.59. The topological polar surface area (TPSA) is 9.23 Å². The van der Waals surface area contributed by atoms with E-state index in [1.165, 1.54) is 0 Å². The maximum Gasteiger partial charge on any atom is 0.426 e. The van der Waals surface area contributed by atoms with Gasteiger partial charge in [0.05, 0.1) is 0 Å². The van der Waals surface area contributed by atoms with E-state index in [9.17, 15) is 26.3 Å². The fourth-order valence-electron chi connectivity index (χ4n) is 0.953. The first-order chi connectivity index (χ1) is 7.06. The molecule has 0 N–H and O–H groups in total. The van der Waals surface area contributed by atoms with Gasteiger partial charge in [0.25, 0.3) is 5.60 Å². The van der Waals surface area contributed by atoms with Gasteiger partial charge in [0.2, 0.25) is 0 Å². The van der Waals surface area contributed by atoms with Crippen molar-refractivity contribution in [1.29, 1.82) is 0 Å². The summed E-state index contributed by atoms with van der Waals surface area (Å²) in [4.78, 5) is 0. The van der Waals surface area contributed by atoms with E-state index >= 15 is 0 Å². The number of ether oxygens (including phenoxy) is 1. The average Bonchev–Trinajstić information content (AvgIpc) is 2.08. The summed E-state index contributed by atoms with van der Waals surface area (Å²) in [5.41, 5.74) is -4.08. The molecule has 1 nitrogen and oxygen atoms in total. The molecular formula is C9H14F6O. The summed E-state index contributed by atoms with van der Waals surface area (Å²) >= 11 is 0. The van der Waals surface area contributed by atoms with Crippen molar-refractivity contribution < 1.29 is 31.1 Å².